The highest BCUT2D eigenvalue weighted by Gasteiger charge is 2.37. The van der Waals surface area contributed by atoms with E-state index in [1.54, 1.807) is 18.7 Å². The maximum absolute atomic E-state index is 12.0. The lowest BCUT2D eigenvalue weighted by atomic mass is 10.0. The first kappa shape index (κ1) is 17.3. The summed E-state index contributed by atoms with van der Waals surface area (Å²) in [5.74, 6) is -1.28. The van der Waals surface area contributed by atoms with E-state index in [1.165, 1.54) is 10.5 Å². The van der Waals surface area contributed by atoms with Crippen molar-refractivity contribution < 1.29 is 14.4 Å². The first-order valence-electron chi connectivity index (χ1n) is 7.53. The predicted molar refractivity (Wildman–Crippen MR) is 89.2 cm³/mol. The summed E-state index contributed by atoms with van der Waals surface area (Å²) in [4.78, 5) is 35.9. The zero-order chi connectivity index (χ0) is 16.8. The Morgan fingerprint density at radius 2 is 2.17 bits per heavy atom. The first-order chi connectivity index (χ1) is 11.0. The molecule has 23 heavy (non-hydrogen) atoms. The summed E-state index contributed by atoms with van der Waals surface area (Å²) in [7, 11) is 0. The van der Waals surface area contributed by atoms with Gasteiger partial charge in [-0.05, 0) is 36.8 Å². The van der Waals surface area contributed by atoms with Gasteiger partial charge in [-0.1, -0.05) is 19.1 Å². The van der Waals surface area contributed by atoms with Gasteiger partial charge in [0.05, 0.1) is 5.92 Å². The fourth-order valence-corrected chi connectivity index (χ4v) is 2.91. The van der Waals surface area contributed by atoms with E-state index >= 15 is 0 Å². The van der Waals surface area contributed by atoms with Crippen molar-refractivity contribution in [1.82, 2.24) is 16.0 Å². The van der Waals surface area contributed by atoms with E-state index in [-0.39, 0.29) is 5.91 Å². The number of thioether (sulfide) groups is 1. The maximum atomic E-state index is 12.0. The van der Waals surface area contributed by atoms with Crippen molar-refractivity contribution >= 4 is 29.6 Å². The molecule has 2 rings (SSSR count). The van der Waals surface area contributed by atoms with Gasteiger partial charge in [0.2, 0.25) is 5.91 Å². The Balaban J connectivity index is 1.74. The molecule has 2 atom stereocenters. The van der Waals surface area contributed by atoms with Gasteiger partial charge in [0.15, 0.2) is 0 Å². The highest BCUT2D eigenvalue weighted by molar-refractivity contribution is 7.98. The molecule has 3 N–H and O–H groups in total. The molecular formula is C16H21N3O3S. The number of urea groups is 1. The summed E-state index contributed by atoms with van der Waals surface area (Å²) >= 11 is 1.70. The molecule has 1 saturated heterocycles. The molecule has 0 radical (unpaired) electrons. The Kier molecular flexibility index (Phi) is 6.04. The molecule has 124 valence electrons. The first-order valence-corrected chi connectivity index (χ1v) is 8.75. The summed E-state index contributed by atoms with van der Waals surface area (Å²) in [5.41, 5.74) is 1.24. The molecule has 0 aromatic heterocycles. The topological polar surface area (TPSA) is 87.3 Å². The average molecular weight is 335 g/mol. The summed E-state index contributed by atoms with van der Waals surface area (Å²) in [6, 6.07) is 6.98. The standard InChI is InChI=1S/C16H21N3O3S/c1-10(13-15(21)19-16(22)18-13)14(20)17-8-4-6-11-5-3-7-12(9-11)23-2/h3,5,7,9-10,13H,4,6,8H2,1-2H3,(H,17,20)(H2,18,19,21,22). The van der Waals surface area contributed by atoms with Crippen LogP contribution in [0.25, 0.3) is 0 Å². The highest BCUT2D eigenvalue weighted by Crippen LogP contribution is 2.16. The molecule has 0 spiro atoms. The number of rotatable bonds is 7. The zero-order valence-electron chi connectivity index (χ0n) is 13.2. The van der Waals surface area contributed by atoms with E-state index in [0.717, 1.165) is 12.8 Å². The van der Waals surface area contributed by atoms with Crippen molar-refractivity contribution in [3.63, 3.8) is 0 Å². The minimum Gasteiger partial charge on any atom is -0.356 e. The Bertz CT molecular complexity index is 606. The average Bonchev–Trinajstić information content (AvgIpc) is 2.89. The molecule has 1 aromatic rings. The van der Waals surface area contributed by atoms with Crippen molar-refractivity contribution in [3.8, 4) is 0 Å². The Morgan fingerprint density at radius 1 is 1.39 bits per heavy atom. The van der Waals surface area contributed by atoms with Crippen molar-refractivity contribution in [2.45, 2.75) is 30.7 Å². The van der Waals surface area contributed by atoms with Crippen LogP contribution in [0.1, 0.15) is 18.9 Å². The molecule has 1 heterocycles. The van der Waals surface area contributed by atoms with Gasteiger partial charge in [0.1, 0.15) is 6.04 Å². The van der Waals surface area contributed by atoms with E-state index < -0.39 is 23.9 Å². The van der Waals surface area contributed by atoms with Crippen LogP contribution in [0.15, 0.2) is 29.2 Å². The number of imide groups is 1. The number of hydrogen-bond donors (Lipinski definition) is 3. The number of carbonyl (C=O) groups is 3. The number of carbonyl (C=O) groups excluding carboxylic acids is 3. The van der Waals surface area contributed by atoms with E-state index in [1.807, 2.05) is 12.3 Å². The SMILES string of the molecule is CSc1cccc(CCCNC(=O)C(C)C2NC(=O)NC2=O)c1. The Hall–Kier alpha value is -2.02. The normalized spacial score (nSPS) is 18.3. The maximum Gasteiger partial charge on any atom is 0.322 e. The van der Waals surface area contributed by atoms with E-state index in [0.29, 0.717) is 6.54 Å². The van der Waals surface area contributed by atoms with Crippen LogP contribution >= 0.6 is 11.8 Å². The highest BCUT2D eigenvalue weighted by atomic mass is 32.2. The van der Waals surface area contributed by atoms with Crippen LogP contribution in [0, 0.1) is 5.92 Å². The molecular weight excluding hydrogens is 314 g/mol. The van der Waals surface area contributed by atoms with Crippen LogP contribution in [-0.2, 0) is 16.0 Å². The van der Waals surface area contributed by atoms with E-state index in [4.69, 9.17) is 0 Å². The van der Waals surface area contributed by atoms with Gasteiger partial charge in [-0.2, -0.15) is 0 Å². The molecule has 4 amide bonds. The summed E-state index contributed by atoms with van der Waals surface area (Å²) < 4.78 is 0. The molecule has 6 nitrogen and oxygen atoms in total. The van der Waals surface area contributed by atoms with E-state index in [2.05, 4.69) is 34.1 Å². The van der Waals surface area contributed by atoms with Gasteiger partial charge < -0.3 is 10.6 Å². The number of benzene rings is 1. The number of aryl methyl sites for hydroxylation is 1. The lowest BCUT2D eigenvalue weighted by molar-refractivity contribution is -0.130. The minimum atomic E-state index is -0.791. The van der Waals surface area contributed by atoms with Crippen LogP contribution in [0.4, 0.5) is 4.79 Å². The van der Waals surface area contributed by atoms with Gasteiger partial charge in [-0.3, -0.25) is 14.9 Å². The second-order valence-corrected chi connectivity index (χ2v) is 6.35. The molecule has 1 aromatic carbocycles. The number of amides is 4. The van der Waals surface area contributed by atoms with Crippen molar-refractivity contribution in [3.05, 3.63) is 29.8 Å². The molecule has 0 aliphatic carbocycles. The zero-order valence-corrected chi connectivity index (χ0v) is 14.0. The Morgan fingerprint density at radius 3 is 2.83 bits per heavy atom. The fraction of sp³-hybridized carbons (Fsp3) is 0.438. The van der Waals surface area contributed by atoms with Crippen LogP contribution in [0.5, 0.6) is 0 Å². The Labute approximate surface area is 139 Å². The monoisotopic (exact) mass is 335 g/mol. The van der Waals surface area contributed by atoms with E-state index in [9.17, 15) is 14.4 Å². The van der Waals surface area contributed by atoms with Crippen LogP contribution < -0.4 is 16.0 Å². The van der Waals surface area contributed by atoms with Crippen LogP contribution in [-0.4, -0.2) is 36.7 Å². The lowest BCUT2D eigenvalue weighted by Gasteiger charge is -2.16. The van der Waals surface area contributed by atoms with Gasteiger partial charge in [0, 0.05) is 11.4 Å². The van der Waals surface area contributed by atoms with Gasteiger partial charge in [0.25, 0.3) is 5.91 Å². The third-order valence-electron chi connectivity index (χ3n) is 3.79. The number of hydrogen-bond acceptors (Lipinski definition) is 4. The summed E-state index contributed by atoms with van der Waals surface area (Å²) in [6.07, 6.45) is 3.74. The smallest absolute Gasteiger partial charge is 0.322 e. The minimum absolute atomic E-state index is 0.231. The summed E-state index contributed by atoms with van der Waals surface area (Å²) in [6.45, 7) is 2.17. The fourth-order valence-electron chi connectivity index (χ4n) is 2.43. The molecule has 7 heteroatoms. The molecule has 2 unspecified atom stereocenters. The van der Waals surface area contributed by atoms with Crippen molar-refractivity contribution in [1.29, 1.82) is 0 Å². The molecule has 1 aliphatic heterocycles. The predicted octanol–water partition coefficient (Wildman–Crippen LogP) is 1.30. The lowest BCUT2D eigenvalue weighted by Crippen LogP contribution is -2.44. The van der Waals surface area contributed by atoms with Gasteiger partial charge in [-0.15, -0.1) is 11.8 Å². The molecule has 0 saturated carbocycles. The van der Waals surface area contributed by atoms with Crippen molar-refractivity contribution in [2.24, 2.45) is 5.92 Å². The van der Waals surface area contributed by atoms with Gasteiger partial charge in [-0.25, -0.2) is 4.79 Å². The van der Waals surface area contributed by atoms with Crippen molar-refractivity contribution in [2.75, 3.05) is 12.8 Å². The van der Waals surface area contributed by atoms with Crippen LogP contribution in [0.3, 0.4) is 0 Å². The quantitative estimate of drug-likeness (QED) is 0.398. The molecule has 1 fully saturated rings. The third kappa shape index (κ3) is 4.72. The summed E-state index contributed by atoms with van der Waals surface area (Å²) in [5, 5.41) is 7.40. The largest absolute Gasteiger partial charge is 0.356 e. The molecule has 1 aliphatic rings. The second-order valence-electron chi connectivity index (χ2n) is 5.48. The third-order valence-corrected chi connectivity index (χ3v) is 4.52. The molecule has 0 bridgehead atoms. The van der Waals surface area contributed by atoms with Crippen LogP contribution in [0.2, 0.25) is 0 Å². The number of nitrogens with one attached hydrogen (secondary N) is 3. The second kappa shape index (κ2) is 8.01. The van der Waals surface area contributed by atoms with Gasteiger partial charge >= 0.3 is 6.03 Å².